The SMILES string of the molecule is CCn1c(=O)c(-c2noc(C(=O)NCc3cc(OC)ccc3OC)n2)nn(-c2ccc(F)cc2)c1=O. The fraction of sp³-hybridized carbons (Fsp3) is 0.217. The zero-order valence-electron chi connectivity index (χ0n) is 19.5. The van der Waals surface area contributed by atoms with E-state index in [1.54, 1.807) is 25.1 Å². The van der Waals surface area contributed by atoms with Gasteiger partial charge in [0.2, 0.25) is 5.82 Å². The summed E-state index contributed by atoms with van der Waals surface area (Å²) < 4.78 is 30.7. The first-order chi connectivity index (χ1) is 17.4. The third kappa shape index (κ3) is 4.71. The second kappa shape index (κ2) is 10.2. The summed E-state index contributed by atoms with van der Waals surface area (Å²) in [6, 6.07) is 10.1. The van der Waals surface area contributed by atoms with Crippen molar-refractivity contribution in [2.24, 2.45) is 0 Å². The first-order valence-corrected chi connectivity index (χ1v) is 10.7. The van der Waals surface area contributed by atoms with Crippen molar-refractivity contribution >= 4 is 5.91 Å². The molecule has 0 saturated carbocycles. The first-order valence-electron chi connectivity index (χ1n) is 10.7. The monoisotopic (exact) mass is 496 g/mol. The van der Waals surface area contributed by atoms with Gasteiger partial charge in [-0.2, -0.15) is 14.8 Å². The quantitative estimate of drug-likeness (QED) is 0.384. The van der Waals surface area contributed by atoms with Crippen LogP contribution in [0.1, 0.15) is 23.2 Å². The number of nitrogens with one attached hydrogen (secondary N) is 1. The average molecular weight is 496 g/mol. The predicted molar refractivity (Wildman–Crippen MR) is 124 cm³/mol. The maximum absolute atomic E-state index is 13.3. The van der Waals surface area contributed by atoms with Gasteiger partial charge in [0.05, 0.1) is 19.9 Å². The smallest absolute Gasteiger partial charge is 0.352 e. The zero-order valence-corrected chi connectivity index (χ0v) is 19.5. The Kier molecular flexibility index (Phi) is 6.90. The zero-order chi connectivity index (χ0) is 25.8. The molecule has 0 radical (unpaired) electrons. The van der Waals surface area contributed by atoms with Crippen molar-refractivity contribution in [2.75, 3.05) is 14.2 Å². The number of amides is 1. The van der Waals surface area contributed by atoms with Crippen LogP contribution in [0.4, 0.5) is 4.39 Å². The van der Waals surface area contributed by atoms with Crippen molar-refractivity contribution in [2.45, 2.75) is 20.0 Å². The number of aromatic nitrogens is 5. The molecule has 1 N–H and O–H groups in total. The van der Waals surface area contributed by atoms with Gasteiger partial charge in [-0.1, -0.05) is 5.16 Å². The van der Waals surface area contributed by atoms with Gasteiger partial charge >= 0.3 is 17.5 Å². The standard InChI is InChI=1S/C23H21FN6O6/c1-4-29-22(32)18(27-30(23(29)33)15-7-5-14(24)6-8-15)19-26-21(36-28-19)20(31)25-12-13-11-16(34-2)9-10-17(13)35-3/h5-11H,4,12H2,1-3H3,(H,25,31). The number of halogens is 1. The van der Waals surface area contributed by atoms with E-state index in [0.29, 0.717) is 17.1 Å². The van der Waals surface area contributed by atoms with E-state index in [2.05, 4.69) is 20.6 Å². The molecule has 0 fully saturated rings. The Labute approximate surface area is 202 Å². The van der Waals surface area contributed by atoms with Crippen molar-refractivity contribution < 1.29 is 23.2 Å². The van der Waals surface area contributed by atoms with E-state index in [0.717, 1.165) is 21.4 Å². The van der Waals surface area contributed by atoms with E-state index in [1.807, 2.05) is 0 Å². The van der Waals surface area contributed by atoms with Crippen LogP contribution in [0.5, 0.6) is 11.5 Å². The molecule has 0 spiro atoms. The molecule has 0 unspecified atom stereocenters. The van der Waals surface area contributed by atoms with E-state index < -0.39 is 28.9 Å². The summed E-state index contributed by atoms with van der Waals surface area (Å²) in [6.45, 7) is 1.69. The largest absolute Gasteiger partial charge is 0.497 e. The van der Waals surface area contributed by atoms with Crippen LogP contribution in [0.2, 0.25) is 0 Å². The summed E-state index contributed by atoms with van der Waals surface area (Å²) in [5.74, 6) is -0.806. The molecule has 4 rings (SSSR count). The second-order valence-electron chi connectivity index (χ2n) is 7.35. The van der Waals surface area contributed by atoms with Gasteiger partial charge in [-0.15, -0.1) is 0 Å². The highest BCUT2D eigenvalue weighted by molar-refractivity contribution is 5.89. The van der Waals surface area contributed by atoms with Gasteiger partial charge in [0.25, 0.3) is 5.56 Å². The summed E-state index contributed by atoms with van der Waals surface area (Å²) >= 11 is 0. The van der Waals surface area contributed by atoms with Gasteiger partial charge in [-0.05, 0) is 49.4 Å². The summed E-state index contributed by atoms with van der Waals surface area (Å²) in [7, 11) is 3.02. The van der Waals surface area contributed by atoms with Crippen LogP contribution in [-0.2, 0) is 13.1 Å². The number of carbonyl (C=O) groups is 1. The lowest BCUT2D eigenvalue weighted by atomic mass is 10.2. The Morgan fingerprint density at radius 1 is 1.11 bits per heavy atom. The Balaban J connectivity index is 1.64. The molecule has 0 aliphatic heterocycles. The molecular weight excluding hydrogens is 475 g/mol. The number of hydrogen-bond acceptors (Lipinski definition) is 9. The maximum atomic E-state index is 13.3. The van der Waals surface area contributed by atoms with Crippen molar-refractivity contribution in [3.05, 3.63) is 80.6 Å². The minimum atomic E-state index is -0.769. The summed E-state index contributed by atoms with van der Waals surface area (Å²) in [4.78, 5) is 42.2. The van der Waals surface area contributed by atoms with Crippen LogP contribution in [0.3, 0.4) is 0 Å². The predicted octanol–water partition coefficient (Wildman–Crippen LogP) is 1.55. The fourth-order valence-electron chi connectivity index (χ4n) is 3.37. The Bertz CT molecular complexity index is 1530. The number of ether oxygens (including phenoxy) is 2. The number of rotatable bonds is 8. The summed E-state index contributed by atoms with van der Waals surface area (Å²) in [5, 5.41) is 10.4. The minimum Gasteiger partial charge on any atom is -0.497 e. The molecular formula is C23H21FN6O6. The number of hydrogen-bond donors (Lipinski definition) is 1. The van der Waals surface area contributed by atoms with Crippen molar-refractivity contribution in [1.29, 1.82) is 0 Å². The molecule has 0 aliphatic carbocycles. The third-order valence-electron chi connectivity index (χ3n) is 5.21. The molecule has 2 aromatic heterocycles. The second-order valence-corrected chi connectivity index (χ2v) is 7.35. The van der Waals surface area contributed by atoms with Crippen LogP contribution in [0.15, 0.2) is 56.6 Å². The normalized spacial score (nSPS) is 10.8. The Morgan fingerprint density at radius 2 is 1.86 bits per heavy atom. The van der Waals surface area contributed by atoms with Crippen LogP contribution >= 0.6 is 0 Å². The highest BCUT2D eigenvalue weighted by Crippen LogP contribution is 2.23. The van der Waals surface area contributed by atoms with E-state index in [-0.39, 0.29) is 30.3 Å². The van der Waals surface area contributed by atoms with Crippen molar-refractivity contribution in [3.63, 3.8) is 0 Å². The van der Waals surface area contributed by atoms with E-state index >= 15 is 0 Å². The molecule has 2 aromatic carbocycles. The number of nitrogens with zero attached hydrogens (tertiary/aromatic N) is 5. The van der Waals surface area contributed by atoms with Gasteiger partial charge < -0.3 is 19.3 Å². The van der Waals surface area contributed by atoms with E-state index in [9.17, 15) is 18.8 Å². The van der Waals surface area contributed by atoms with Crippen molar-refractivity contribution in [3.8, 4) is 28.7 Å². The topological polar surface area (TPSA) is 143 Å². The Hall–Kier alpha value is -4.81. The molecule has 0 aliphatic rings. The van der Waals surface area contributed by atoms with E-state index in [1.165, 1.54) is 26.4 Å². The van der Waals surface area contributed by atoms with Gasteiger partial charge in [0, 0.05) is 18.7 Å². The summed E-state index contributed by atoms with van der Waals surface area (Å²) in [6.07, 6.45) is 0. The number of benzene rings is 2. The summed E-state index contributed by atoms with van der Waals surface area (Å²) in [5.41, 5.74) is -0.957. The lowest BCUT2D eigenvalue weighted by Gasteiger charge is -2.10. The lowest BCUT2D eigenvalue weighted by Crippen LogP contribution is -2.41. The van der Waals surface area contributed by atoms with Gasteiger partial charge in [-0.25, -0.2) is 9.18 Å². The maximum Gasteiger partial charge on any atom is 0.352 e. The van der Waals surface area contributed by atoms with Crippen LogP contribution in [-0.4, -0.2) is 44.6 Å². The molecule has 1 amide bonds. The van der Waals surface area contributed by atoms with Crippen LogP contribution in [0.25, 0.3) is 17.2 Å². The number of methoxy groups -OCH3 is 2. The molecule has 0 saturated heterocycles. The molecule has 13 heteroatoms. The van der Waals surface area contributed by atoms with Crippen molar-refractivity contribution in [1.82, 2.24) is 29.8 Å². The third-order valence-corrected chi connectivity index (χ3v) is 5.21. The highest BCUT2D eigenvalue weighted by atomic mass is 19.1. The van der Waals surface area contributed by atoms with Crippen LogP contribution in [0, 0.1) is 5.82 Å². The fourth-order valence-corrected chi connectivity index (χ4v) is 3.37. The molecule has 0 atom stereocenters. The molecule has 36 heavy (non-hydrogen) atoms. The minimum absolute atomic E-state index is 0.0297. The molecule has 2 heterocycles. The van der Waals surface area contributed by atoms with E-state index in [4.69, 9.17) is 14.0 Å². The molecule has 186 valence electrons. The molecule has 12 nitrogen and oxygen atoms in total. The van der Waals surface area contributed by atoms with Gasteiger partial charge in [-0.3, -0.25) is 14.2 Å². The Morgan fingerprint density at radius 3 is 2.53 bits per heavy atom. The highest BCUT2D eigenvalue weighted by Gasteiger charge is 2.22. The first kappa shape index (κ1) is 24.3. The molecule has 0 bridgehead atoms. The van der Waals surface area contributed by atoms with Gasteiger partial charge in [0.15, 0.2) is 5.69 Å². The van der Waals surface area contributed by atoms with Crippen LogP contribution < -0.4 is 26.0 Å². The van der Waals surface area contributed by atoms with Gasteiger partial charge in [0.1, 0.15) is 17.3 Å². The average Bonchev–Trinajstić information content (AvgIpc) is 3.38. The lowest BCUT2D eigenvalue weighted by molar-refractivity contribution is 0.0906. The molecule has 4 aromatic rings. The number of carbonyl (C=O) groups excluding carboxylic acids is 1.